The first-order valence-electron chi connectivity index (χ1n) is 5.61. The number of nitrogens with one attached hydrogen (secondary N) is 2. The van der Waals surface area contributed by atoms with Crippen molar-refractivity contribution < 1.29 is 4.79 Å². The molecule has 1 aromatic heterocycles. The van der Waals surface area contributed by atoms with Crippen LogP contribution < -0.4 is 10.6 Å². The number of nitrogens with zero attached hydrogens (tertiary/aromatic N) is 3. The molecule has 1 aliphatic rings. The number of hydrogen-bond acceptors (Lipinski definition) is 4. The molecule has 0 radical (unpaired) electrons. The summed E-state index contributed by atoms with van der Waals surface area (Å²) in [6.07, 6.45) is 4.68. The zero-order valence-corrected chi connectivity index (χ0v) is 9.44. The number of carbonyl (C=O) groups is 1. The van der Waals surface area contributed by atoms with Crippen LogP contribution in [0, 0.1) is 0 Å². The zero-order valence-electron chi connectivity index (χ0n) is 9.44. The molecule has 2 N–H and O–H groups in total. The van der Waals surface area contributed by atoms with Gasteiger partial charge in [0.05, 0.1) is 12.6 Å². The fraction of sp³-hybridized carbons (Fsp3) is 0.700. The second-order valence-electron chi connectivity index (χ2n) is 4.05. The highest BCUT2D eigenvalue weighted by atomic mass is 16.2. The highest BCUT2D eigenvalue weighted by Crippen LogP contribution is 2.05. The fourth-order valence-corrected chi connectivity index (χ4v) is 1.81. The molecule has 0 bridgehead atoms. The Hall–Kier alpha value is -1.43. The van der Waals surface area contributed by atoms with Gasteiger partial charge in [-0.3, -0.25) is 14.8 Å². The van der Waals surface area contributed by atoms with Gasteiger partial charge in [-0.2, -0.15) is 5.10 Å². The molecule has 1 saturated heterocycles. The monoisotopic (exact) mass is 223 g/mol. The van der Waals surface area contributed by atoms with E-state index in [1.807, 2.05) is 7.05 Å². The lowest BCUT2D eigenvalue weighted by atomic mass is 10.1. The standard InChI is InChI=1S/C10H17N5O/c1-15-7-13-9(14-15)6-12-8-4-2-3-5-11-10(8)16/h7-8,12H,2-6H2,1H3,(H,11,16). The first-order valence-corrected chi connectivity index (χ1v) is 5.61. The van der Waals surface area contributed by atoms with Gasteiger partial charge in [0.15, 0.2) is 5.82 Å². The Kier molecular flexibility index (Phi) is 3.51. The fourth-order valence-electron chi connectivity index (χ4n) is 1.81. The van der Waals surface area contributed by atoms with E-state index >= 15 is 0 Å². The summed E-state index contributed by atoms with van der Waals surface area (Å²) < 4.78 is 1.66. The van der Waals surface area contributed by atoms with Gasteiger partial charge in [-0.25, -0.2) is 4.98 Å². The van der Waals surface area contributed by atoms with Crippen LogP contribution in [0.4, 0.5) is 0 Å². The van der Waals surface area contributed by atoms with Crippen molar-refractivity contribution in [2.24, 2.45) is 7.05 Å². The molecule has 1 amide bonds. The molecule has 0 aromatic carbocycles. The summed E-state index contributed by atoms with van der Waals surface area (Å²) in [6.45, 7) is 1.33. The molecule has 1 aromatic rings. The summed E-state index contributed by atoms with van der Waals surface area (Å²) in [5, 5.41) is 10.2. The summed E-state index contributed by atoms with van der Waals surface area (Å²) in [6, 6.07) is -0.105. The van der Waals surface area contributed by atoms with E-state index in [1.165, 1.54) is 0 Å². The molecule has 16 heavy (non-hydrogen) atoms. The Labute approximate surface area is 94.4 Å². The number of hydrogen-bond donors (Lipinski definition) is 2. The minimum atomic E-state index is -0.105. The van der Waals surface area contributed by atoms with Crippen LogP contribution >= 0.6 is 0 Å². The van der Waals surface area contributed by atoms with Crippen molar-refractivity contribution in [3.63, 3.8) is 0 Å². The molecule has 6 nitrogen and oxygen atoms in total. The highest BCUT2D eigenvalue weighted by molar-refractivity contribution is 5.81. The van der Waals surface area contributed by atoms with Crippen molar-refractivity contribution in [2.45, 2.75) is 31.8 Å². The van der Waals surface area contributed by atoms with Gasteiger partial charge in [-0.1, -0.05) is 0 Å². The molecule has 0 aliphatic carbocycles. The van der Waals surface area contributed by atoms with Gasteiger partial charge in [0.1, 0.15) is 6.33 Å². The number of aromatic nitrogens is 3. The molecule has 2 rings (SSSR count). The van der Waals surface area contributed by atoms with E-state index in [9.17, 15) is 4.79 Å². The largest absolute Gasteiger partial charge is 0.355 e. The molecule has 1 atom stereocenters. The van der Waals surface area contributed by atoms with Crippen molar-refractivity contribution in [3.8, 4) is 0 Å². The summed E-state index contributed by atoms with van der Waals surface area (Å²) in [4.78, 5) is 15.7. The Balaban J connectivity index is 1.86. The van der Waals surface area contributed by atoms with Crippen LogP contribution in [-0.4, -0.2) is 33.3 Å². The van der Waals surface area contributed by atoms with Gasteiger partial charge in [0.25, 0.3) is 0 Å². The maximum atomic E-state index is 11.6. The maximum absolute atomic E-state index is 11.6. The lowest BCUT2D eigenvalue weighted by Crippen LogP contribution is -2.42. The van der Waals surface area contributed by atoms with Crippen molar-refractivity contribution in [3.05, 3.63) is 12.2 Å². The lowest BCUT2D eigenvalue weighted by molar-refractivity contribution is -0.122. The van der Waals surface area contributed by atoms with E-state index in [-0.39, 0.29) is 11.9 Å². The van der Waals surface area contributed by atoms with Crippen LogP contribution in [0.25, 0.3) is 0 Å². The lowest BCUT2D eigenvalue weighted by Gasteiger charge is -2.13. The van der Waals surface area contributed by atoms with Crippen LogP contribution in [0.2, 0.25) is 0 Å². The van der Waals surface area contributed by atoms with Gasteiger partial charge in [-0.15, -0.1) is 0 Å². The Morgan fingerprint density at radius 2 is 2.50 bits per heavy atom. The molecule has 0 saturated carbocycles. The minimum Gasteiger partial charge on any atom is -0.355 e. The molecule has 88 valence electrons. The minimum absolute atomic E-state index is 0.0911. The normalized spacial score (nSPS) is 21.6. The van der Waals surface area contributed by atoms with Crippen molar-refractivity contribution >= 4 is 5.91 Å². The molecular formula is C10H17N5O. The molecule has 0 spiro atoms. The summed E-state index contributed by atoms with van der Waals surface area (Å²) in [5.74, 6) is 0.813. The molecule has 1 fully saturated rings. The first-order chi connectivity index (χ1) is 7.75. The van der Waals surface area contributed by atoms with E-state index in [1.54, 1.807) is 11.0 Å². The van der Waals surface area contributed by atoms with Gasteiger partial charge in [0, 0.05) is 13.6 Å². The van der Waals surface area contributed by atoms with Crippen LogP contribution in [0.3, 0.4) is 0 Å². The summed E-state index contributed by atoms with van der Waals surface area (Å²) >= 11 is 0. The predicted octanol–water partition coefficient (Wildman–Crippen LogP) is -0.427. The average molecular weight is 223 g/mol. The third-order valence-corrected chi connectivity index (χ3v) is 2.69. The topological polar surface area (TPSA) is 71.8 Å². The third kappa shape index (κ3) is 2.79. The van der Waals surface area contributed by atoms with E-state index < -0.39 is 0 Å². The molecule has 2 heterocycles. The van der Waals surface area contributed by atoms with Crippen LogP contribution in [0.5, 0.6) is 0 Å². The molecule has 6 heteroatoms. The van der Waals surface area contributed by atoms with Crippen LogP contribution in [0.1, 0.15) is 25.1 Å². The molecule has 1 unspecified atom stereocenters. The van der Waals surface area contributed by atoms with E-state index in [4.69, 9.17) is 0 Å². The Morgan fingerprint density at radius 1 is 1.62 bits per heavy atom. The number of carbonyl (C=O) groups excluding carboxylic acids is 1. The van der Waals surface area contributed by atoms with E-state index in [0.717, 1.165) is 31.6 Å². The van der Waals surface area contributed by atoms with Crippen LogP contribution in [0.15, 0.2) is 6.33 Å². The summed E-state index contributed by atoms with van der Waals surface area (Å²) in [5.41, 5.74) is 0. The number of amides is 1. The average Bonchev–Trinajstić information content (AvgIpc) is 2.56. The highest BCUT2D eigenvalue weighted by Gasteiger charge is 2.19. The smallest absolute Gasteiger partial charge is 0.237 e. The van der Waals surface area contributed by atoms with Gasteiger partial charge >= 0.3 is 0 Å². The Morgan fingerprint density at radius 3 is 3.25 bits per heavy atom. The predicted molar refractivity (Wildman–Crippen MR) is 58.5 cm³/mol. The van der Waals surface area contributed by atoms with Crippen molar-refractivity contribution in [1.29, 1.82) is 0 Å². The Bertz CT molecular complexity index is 362. The summed E-state index contributed by atoms with van der Waals surface area (Å²) in [7, 11) is 1.83. The van der Waals surface area contributed by atoms with Crippen LogP contribution in [-0.2, 0) is 18.4 Å². The van der Waals surface area contributed by atoms with Gasteiger partial charge < -0.3 is 5.32 Å². The molecular weight excluding hydrogens is 206 g/mol. The van der Waals surface area contributed by atoms with E-state index in [0.29, 0.717) is 6.54 Å². The zero-order chi connectivity index (χ0) is 11.4. The second kappa shape index (κ2) is 5.07. The quantitative estimate of drug-likeness (QED) is 0.729. The number of rotatable bonds is 3. The molecule has 1 aliphatic heterocycles. The number of aryl methyl sites for hydroxylation is 1. The van der Waals surface area contributed by atoms with Crippen molar-refractivity contribution in [2.75, 3.05) is 6.54 Å². The van der Waals surface area contributed by atoms with Gasteiger partial charge in [-0.05, 0) is 19.3 Å². The first kappa shape index (κ1) is 11.1. The maximum Gasteiger partial charge on any atom is 0.237 e. The van der Waals surface area contributed by atoms with Gasteiger partial charge in [0.2, 0.25) is 5.91 Å². The third-order valence-electron chi connectivity index (χ3n) is 2.69. The SMILES string of the molecule is Cn1cnc(CNC2CCCCNC2=O)n1. The van der Waals surface area contributed by atoms with E-state index in [2.05, 4.69) is 20.7 Å². The second-order valence-corrected chi connectivity index (χ2v) is 4.05. The van der Waals surface area contributed by atoms with Crippen molar-refractivity contribution in [1.82, 2.24) is 25.4 Å².